The third-order valence-corrected chi connectivity index (χ3v) is 9.14. The zero-order valence-electron chi connectivity index (χ0n) is 23.3. The molecule has 0 radical (unpaired) electrons. The van der Waals surface area contributed by atoms with Crippen LogP contribution >= 0.6 is 68.0 Å². The van der Waals surface area contributed by atoms with Crippen molar-refractivity contribution in [1.29, 1.82) is 0 Å². The molecule has 0 heterocycles. The van der Waals surface area contributed by atoms with Gasteiger partial charge in [0.05, 0.1) is 26.2 Å². The normalized spacial score (nSPS) is 12.7. The van der Waals surface area contributed by atoms with Crippen molar-refractivity contribution < 1.29 is 79.2 Å². The highest BCUT2D eigenvalue weighted by atomic mass is 35.5. The zero-order valence-corrected chi connectivity index (χ0v) is 28.2. The van der Waals surface area contributed by atoms with Crippen LogP contribution in [0.5, 0.6) is 0 Å². The van der Waals surface area contributed by atoms with Crippen LogP contribution in [0.25, 0.3) is 0 Å². The molecule has 0 aliphatic carbocycles. The van der Waals surface area contributed by atoms with Gasteiger partial charge >= 0.3 is 47.8 Å². The van der Waals surface area contributed by atoms with E-state index in [0.717, 1.165) is 43.2 Å². The smallest absolute Gasteiger partial charge is 0.321 e. The van der Waals surface area contributed by atoms with Crippen molar-refractivity contribution in [2.45, 2.75) is 24.2 Å². The second-order valence-electron chi connectivity index (χ2n) is 7.80. The molecule has 0 bridgehead atoms. The maximum Gasteiger partial charge on any atom is 0.321 e. The van der Waals surface area contributed by atoms with Crippen LogP contribution in [0.1, 0.15) is 0 Å². The van der Waals surface area contributed by atoms with Gasteiger partial charge in [-0.25, -0.2) is 0 Å². The number of carboxylic acid groups (broad SMARTS) is 8. The molecule has 0 fully saturated rings. The topological polar surface area (TPSA) is 347 Å². The van der Waals surface area contributed by atoms with E-state index in [2.05, 4.69) is 21.3 Å². The van der Waals surface area contributed by atoms with Crippen LogP contribution in [-0.4, -0.2) is 162 Å². The number of aliphatic carboxylic acids is 8. The summed E-state index contributed by atoms with van der Waals surface area (Å²) < 4.78 is 0. The Hall–Kier alpha value is -2.42. The minimum atomic E-state index is -1.21. The molecule has 0 saturated carbocycles. The molecule has 0 rings (SSSR count). The summed E-state index contributed by atoms with van der Waals surface area (Å²) in [5.41, 5.74) is 0. The number of halogens is 2. The third kappa shape index (κ3) is 30.2. The van der Waals surface area contributed by atoms with Gasteiger partial charge in [-0.1, -0.05) is 43.2 Å². The van der Waals surface area contributed by atoms with Crippen LogP contribution in [0.15, 0.2) is 0 Å². The zero-order chi connectivity index (χ0) is 34.2. The van der Waals surface area contributed by atoms with Gasteiger partial charge in [0.1, 0.15) is 24.2 Å². The summed E-state index contributed by atoms with van der Waals surface area (Å²) in [6, 6.07) is -4.32. The van der Waals surface area contributed by atoms with E-state index >= 15 is 0 Å². The Labute approximate surface area is 288 Å². The number of nitrogens with one attached hydrogen (secondary N) is 4. The van der Waals surface area contributed by atoms with Gasteiger partial charge in [-0.2, -0.15) is 0 Å². The highest BCUT2D eigenvalue weighted by molar-refractivity contribution is 8.77. The van der Waals surface area contributed by atoms with E-state index in [-0.39, 0.29) is 47.8 Å². The largest absolute Gasteiger partial charge is 0.480 e. The molecule has 0 aliphatic rings. The van der Waals surface area contributed by atoms with Gasteiger partial charge in [0.15, 0.2) is 0 Å². The molecule has 12 N–H and O–H groups in total. The fraction of sp³-hybridized carbons (Fsp3) is 0.600. The lowest BCUT2D eigenvalue weighted by Crippen LogP contribution is -2.42. The maximum atomic E-state index is 10.9. The number of hydrogen-bond acceptors (Lipinski definition) is 16. The molecule has 0 saturated heterocycles. The second-order valence-corrected chi connectivity index (χ2v) is 12.9. The summed E-state index contributed by atoms with van der Waals surface area (Å²) >= 11 is 0. The maximum absolute atomic E-state index is 10.9. The molecule has 0 unspecified atom stereocenters. The Kier molecular flexibility index (Phi) is 32.8. The minimum absolute atomic E-state index is 0. The van der Waals surface area contributed by atoms with Gasteiger partial charge in [-0.3, -0.25) is 59.6 Å². The predicted octanol–water partition coefficient (Wildman–Crippen LogP) is -1.91. The minimum Gasteiger partial charge on any atom is -0.480 e. The van der Waals surface area contributed by atoms with E-state index in [0.29, 0.717) is 0 Å². The van der Waals surface area contributed by atoms with Crippen molar-refractivity contribution in [2.75, 3.05) is 49.2 Å². The Balaban J connectivity index is -0.000000367. The van der Waals surface area contributed by atoms with Gasteiger partial charge in [-0.05, 0) is 0 Å². The number of carboxylic acids is 8. The first-order chi connectivity index (χ1) is 20.5. The van der Waals surface area contributed by atoms with Crippen LogP contribution in [0.2, 0.25) is 0 Å². The molecular formula is C20H34Cl2N4O16S4. The highest BCUT2D eigenvalue weighted by Crippen LogP contribution is 2.24. The lowest BCUT2D eigenvalue weighted by Gasteiger charge is -2.14. The van der Waals surface area contributed by atoms with E-state index in [4.69, 9.17) is 40.9 Å². The molecule has 26 heteroatoms. The lowest BCUT2D eigenvalue weighted by atomic mass is 10.3. The van der Waals surface area contributed by atoms with Crippen molar-refractivity contribution >= 4 is 116 Å². The van der Waals surface area contributed by atoms with Crippen LogP contribution in [0.4, 0.5) is 0 Å². The van der Waals surface area contributed by atoms with Crippen molar-refractivity contribution in [3.05, 3.63) is 0 Å². The average molecular weight is 786 g/mol. The molecule has 268 valence electrons. The van der Waals surface area contributed by atoms with E-state index in [9.17, 15) is 38.4 Å². The molecule has 0 aromatic heterocycles. The van der Waals surface area contributed by atoms with E-state index in [1.54, 1.807) is 0 Å². The summed E-state index contributed by atoms with van der Waals surface area (Å²) in [7, 11) is 4.20. The van der Waals surface area contributed by atoms with Gasteiger partial charge < -0.3 is 40.9 Å². The summed E-state index contributed by atoms with van der Waals surface area (Å²) in [5.74, 6) is -9.50. The summed E-state index contributed by atoms with van der Waals surface area (Å²) in [5, 5.41) is 78.7. The van der Waals surface area contributed by atoms with E-state index < -0.39 is 98.1 Å². The number of carbonyl (C=O) groups is 8. The quantitative estimate of drug-likeness (QED) is 0.0336. The molecule has 0 amide bonds. The Morgan fingerprint density at radius 1 is 0.370 bits per heavy atom. The van der Waals surface area contributed by atoms with Gasteiger partial charge in [0.2, 0.25) is 0 Å². The fourth-order valence-electron chi connectivity index (χ4n) is 2.18. The molecule has 4 atom stereocenters. The third-order valence-electron chi connectivity index (χ3n) is 4.30. The summed E-state index contributed by atoms with van der Waals surface area (Å²) in [4.78, 5) is 84.9. The Morgan fingerprint density at radius 2 is 0.522 bits per heavy atom. The first kappa shape index (κ1) is 50.4. The lowest BCUT2D eigenvalue weighted by molar-refractivity contribution is -0.141. The van der Waals surface area contributed by atoms with Crippen LogP contribution < -0.4 is 21.3 Å². The van der Waals surface area contributed by atoms with Crippen LogP contribution in [-0.2, 0) is 38.4 Å². The summed E-state index contributed by atoms with van der Waals surface area (Å²) in [6.07, 6.45) is 0. The Bertz CT molecular complexity index is 851. The first-order valence-electron chi connectivity index (χ1n) is 11.7. The van der Waals surface area contributed by atoms with Gasteiger partial charge in [0, 0.05) is 23.0 Å². The number of rotatable bonds is 26. The molecule has 0 aromatic carbocycles. The van der Waals surface area contributed by atoms with Gasteiger partial charge in [0.25, 0.3) is 0 Å². The molecule has 46 heavy (non-hydrogen) atoms. The Morgan fingerprint density at radius 3 is 0.630 bits per heavy atom. The van der Waals surface area contributed by atoms with Crippen LogP contribution in [0.3, 0.4) is 0 Å². The SMILES string of the molecule is Cl.Cl.O=C(O)CN[C@@H](CSSC[C@H](NCC(=O)O)C(=O)O)C(=O)O.O=C(O)CN[C@H](CSSC[C@@H](NCC(=O)O)C(=O)O)C(=O)O. The monoisotopic (exact) mass is 784 g/mol. The predicted molar refractivity (Wildman–Crippen MR) is 173 cm³/mol. The molecule has 0 spiro atoms. The highest BCUT2D eigenvalue weighted by Gasteiger charge is 2.22. The number of hydrogen-bond donors (Lipinski definition) is 12. The standard InChI is InChI=1S/2C10H16N2O8S2.2ClH/c2*13-7(14)1-11-5(9(17)18)3-21-22-4-6(10(19)20)12-2-8(15)16;;/h2*5-6,11-12H,1-4H2,(H,13,14)(H,15,16)(H,17,18)(H,19,20);2*1H/t2*5-,6-;;/m10../s1. The summed E-state index contributed by atoms with van der Waals surface area (Å²) in [6.45, 7) is -2.00. The first-order valence-corrected chi connectivity index (χ1v) is 16.7. The van der Waals surface area contributed by atoms with Crippen molar-refractivity contribution in [2.24, 2.45) is 0 Å². The fourth-order valence-corrected chi connectivity index (χ4v) is 6.94. The van der Waals surface area contributed by atoms with Crippen molar-refractivity contribution in [3.8, 4) is 0 Å². The van der Waals surface area contributed by atoms with E-state index in [1.165, 1.54) is 0 Å². The molecule has 20 nitrogen and oxygen atoms in total. The molecule has 0 aliphatic heterocycles. The van der Waals surface area contributed by atoms with Crippen molar-refractivity contribution in [1.82, 2.24) is 21.3 Å². The molecule has 0 aromatic rings. The van der Waals surface area contributed by atoms with Gasteiger partial charge in [-0.15, -0.1) is 24.8 Å². The second kappa shape index (κ2) is 29.9. The van der Waals surface area contributed by atoms with E-state index in [1.807, 2.05) is 0 Å². The van der Waals surface area contributed by atoms with Crippen LogP contribution in [0, 0.1) is 0 Å². The molecular weight excluding hydrogens is 751 g/mol. The average Bonchev–Trinajstić information content (AvgIpc) is 2.89. The van der Waals surface area contributed by atoms with Crippen molar-refractivity contribution in [3.63, 3.8) is 0 Å².